The van der Waals surface area contributed by atoms with Crippen molar-refractivity contribution in [1.29, 1.82) is 0 Å². The molecule has 30 heavy (non-hydrogen) atoms. The summed E-state index contributed by atoms with van der Waals surface area (Å²) in [6.07, 6.45) is 3.69. The van der Waals surface area contributed by atoms with E-state index in [1.54, 1.807) is 31.1 Å². The number of methoxy groups -OCH3 is 1. The summed E-state index contributed by atoms with van der Waals surface area (Å²) in [6, 6.07) is 8.93. The quantitative estimate of drug-likeness (QED) is 0.501. The molecule has 0 radical (unpaired) electrons. The first-order valence-electron chi connectivity index (χ1n) is 9.71. The van der Waals surface area contributed by atoms with Gasteiger partial charge in [-0.25, -0.2) is 4.98 Å². The minimum Gasteiger partial charge on any atom is -0.493 e. The van der Waals surface area contributed by atoms with Crippen LogP contribution in [0.2, 0.25) is 0 Å². The van der Waals surface area contributed by atoms with Crippen LogP contribution >= 0.6 is 11.8 Å². The van der Waals surface area contributed by atoms with E-state index in [0.29, 0.717) is 17.3 Å². The number of hydrogen-bond acceptors (Lipinski definition) is 6. The largest absolute Gasteiger partial charge is 0.493 e. The molecule has 0 fully saturated rings. The molecule has 0 aliphatic carbocycles. The average molecular weight is 430 g/mol. The SMILES string of the molecule is COc1cc(C(C)NC(=O)c2ccc(CSc3nccn3C)o2)ccc1OC(C)C. The van der Waals surface area contributed by atoms with E-state index < -0.39 is 0 Å². The molecule has 2 heterocycles. The van der Waals surface area contributed by atoms with Crippen molar-refractivity contribution in [2.45, 2.75) is 43.8 Å². The van der Waals surface area contributed by atoms with E-state index in [1.807, 2.05) is 62.8 Å². The summed E-state index contributed by atoms with van der Waals surface area (Å²) in [5, 5.41) is 3.86. The molecule has 0 saturated carbocycles. The maximum atomic E-state index is 12.6. The van der Waals surface area contributed by atoms with Crippen LogP contribution in [-0.2, 0) is 12.8 Å². The summed E-state index contributed by atoms with van der Waals surface area (Å²) >= 11 is 1.55. The van der Waals surface area contributed by atoms with E-state index in [2.05, 4.69) is 10.3 Å². The number of carbonyl (C=O) groups is 1. The summed E-state index contributed by atoms with van der Waals surface area (Å²) in [4.78, 5) is 16.9. The zero-order valence-corrected chi connectivity index (χ0v) is 18.7. The molecule has 7 nitrogen and oxygen atoms in total. The van der Waals surface area contributed by atoms with Crippen molar-refractivity contribution >= 4 is 17.7 Å². The van der Waals surface area contributed by atoms with Crippen LogP contribution in [-0.4, -0.2) is 28.7 Å². The summed E-state index contributed by atoms with van der Waals surface area (Å²) in [5.41, 5.74) is 0.911. The average Bonchev–Trinajstić information content (AvgIpc) is 3.35. The molecule has 3 rings (SSSR count). The molecule has 3 aromatic rings. The van der Waals surface area contributed by atoms with Gasteiger partial charge in [-0.3, -0.25) is 4.79 Å². The predicted molar refractivity (Wildman–Crippen MR) is 116 cm³/mol. The monoisotopic (exact) mass is 429 g/mol. The Morgan fingerprint density at radius 3 is 2.70 bits per heavy atom. The fraction of sp³-hybridized carbons (Fsp3) is 0.364. The lowest BCUT2D eigenvalue weighted by molar-refractivity contribution is 0.0910. The Balaban J connectivity index is 1.61. The molecular weight excluding hydrogens is 402 g/mol. The highest BCUT2D eigenvalue weighted by Gasteiger charge is 2.17. The van der Waals surface area contributed by atoms with Gasteiger partial charge < -0.3 is 23.8 Å². The molecule has 1 atom stereocenters. The molecule has 0 bridgehead atoms. The maximum Gasteiger partial charge on any atom is 0.287 e. The second kappa shape index (κ2) is 9.75. The number of hydrogen-bond donors (Lipinski definition) is 1. The second-order valence-corrected chi connectivity index (χ2v) is 8.09. The summed E-state index contributed by atoms with van der Waals surface area (Å²) in [6.45, 7) is 5.84. The van der Waals surface area contributed by atoms with Crippen LogP contribution in [0.1, 0.15) is 48.7 Å². The van der Waals surface area contributed by atoms with Crippen molar-refractivity contribution in [3.63, 3.8) is 0 Å². The number of nitrogens with one attached hydrogen (secondary N) is 1. The van der Waals surface area contributed by atoms with E-state index in [0.717, 1.165) is 16.5 Å². The molecule has 8 heteroatoms. The lowest BCUT2D eigenvalue weighted by atomic mass is 10.1. The highest BCUT2D eigenvalue weighted by molar-refractivity contribution is 7.98. The third kappa shape index (κ3) is 5.38. The van der Waals surface area contributed by atoms with E-state index in [-0.39, 0.29) is 23.8 Å². The zero-order valence-electron chi connectivity index (χ0n) is 17.8. The molecule has 2 aromatic heterocycles. The number of carbonyl (C=O) groups excluding carboxylic acids is 1. The van der Waals surface area contributed by atoms with Crippen molar-refractivity contribution in [3.05, 3.63) is 59.8 Å². The summed E-state index contributed by atoms with van der Waals surface area (Å²) < 4.78 is 18.8. The van der Waals surface area contributed by atoms with Crippen LogP contribution in [0.3, 0.4) is 0 Å². The maximum absolute atomic E-state index is 12.6. The van der Waals surface area contributed by atoms with Crippen LogP contribution < -0.4 is 14.8 Å². The molecule has 160 valence electrons. The topological polar surface area (TPSA) is 78.5 Å². The van der Waals surface area contributed by atoms with Gasteiger partial charge in [0.15, 0.2) is 22.4 Å². The Bertz CT molecular complexity index is 996. The third-order valence-electron chi connectivity index (χ3n) is 4.40. The van der Waals surface area contributed by atoms with Gasteiger partial charge in [0, 0.05) is 19.4 Å². The van der Waals surface area contributed by atoms with Crippen molar-refractivity contribution < 1.29 is 18.7 Å². The number of amides is 1. The number of aryl methyl sites for hydroxylation is 1. The van der Waals surface area contributed by atoms with Crippen LogP contribution in [0.4, 0.5) is 0 Å². The Labute approximate surface area is 180 Å². The van der Waals surface area contributed by atoms with Crippen LogP contribution in [0.25, 0.3) is 0 Å². The van der Waals surface area contributed by atoms with Gasteiger partial charge >= 0.3 is 0 Å². The molecule has 0 aliphatic heterocycles. The Morgan fingerprint density at radius 2 is 2.03 bits per heavy atom. The fourth-order valence-corrected chi connectivity index (χ4v) is 3.69. The van der Waals surface area contributed by atoms with E-state index >= 15 is 0 Å². The summed E-state index contributed by atoms with van der Waals surface area (Å²) in [7, 11) is 3.54. The van der Waals surface area contributed by atoms with Crippen molar-refractivity contribution in [1.82, 2.24) is 14.9 Å². The van der Waals surface area contributed by atoms with Crippen molar-refractivity contribution in [3.8, 4) is 11.5 Å². The minimum atomic E-state index is -0.266. The Hall–Kier alpha value is -2.87. The number of rotatable bonds is 9. The van der Waals surface area contributed by atoms with Gasteiger partial charge in [-0.1, -0.05) is 17.8 Å². The number of furan rings is 1. The fourth-order valence-electron chi connectivity index (χ4n) is 2.86. The van der Waals surface area contributed by atoms with Gasteiger partial charge in [0.2, 0.25) is 0 Å². The molecule has 0 saturated heterocycles. The number of imidazole rings is 1. The number of nitrogens with zero attached hydrogens (tertiary/aromatic N) is 2. The van der Waals surface area contributed by atoms with Crippen molar-refractivity contribution in [2.75, 3.05) is 7.11 Å². The first kappa shape index (κ1) is 21.8. The number of thioether (sulfide) groups is 1. The normalized spacial score (nSPS) is 12.1. The van der Waals surface area contributed by atoms with Gasteiger partial charge in [0.25, 0.3) is 5.91 Å². The van der Waals surface area contributed by atoms with Crippen LogP contribution in [0, 0.1) is 0 Å². The van der Waals surface area contributed by atoms with Gasteiger partial charge in [-0.15, -0.1) is 0 Å². The highest BCUT2D eigenvalue weighted by atomic mass is 32.2. The lowest BCUT2D eigenvalue weighted by Crippen LogP contribution is -2.26. The number of aromatic nitrogens is 2. The van der Waals surface area contributed by atoms with Gasteiger partial charge in [-0.2, -0.15) is 0 Å². The van der Waals surface area contributed by atoms with E-state index in [9.17, 15) is 4.79 Å². The number of ether oxygens (including phenoxy) is 2. The number of benzene rings is 1. The first-order valence-corrected chi connectivity index (χ1v) is 10.7. The van der Waals surface area contributed by atoms with Gasteiger partial charge in [-0.05, 0) is 50.6 Å². The molecule has 1 aromatic carbocycles. The molecule has 0 spiro atoms. The molecule has 1 unspecified atom stereocenters. The standard InChI is InChI=1S/C22H27N3O4S/c1-14(2)28-18-8-6-16(12-20(18)27-5)15(3)24-21(26)19-9-7-17(29-19)13-30-22-23-10-11-25(22)4/h6-12,14-15H,13H2,1-5H3,(H,24,26). The van der Waals surface area contributed by atoms with Crippen LogP contribution in [0.5, 0.6) is 11.5 Å². The first-order chi connectivity index (χ1) is 14.4. The smallest absolute Gasteiger partial charge is 0.287 e. The molecule has 1 amide bonds. The zero-order chi connectivity index (χ0) is 21.7. The predicted octanol–water partition coefficient (Wildman–Crippen LogP) is 4.59. The van der Waals surface area contributed by atoms with Crippen molar-refractivity contribution in [2.24, 2.45) is 7.05 Å². The Morgan fingerprint density at radius 1 is 1.23 bits per heavy atom. The molecule has 0 aliphatic rings. The molecule has 1 N–H and O–H groups in total. The Kier molecular flexibility index (Phi) is 7.10. The third-order valence-corrected chi connectivity index (χ3v) is 5.48. The van der Waals surface area contributed by atoms with Gasteiger partial charge in [0.1, 0.15) is 5.76 Å². The minimum absolute atomic E-state index is 0.0468. The van der Waals surface area contributed by atoms with E-state index in [4.69, 9.17) is 13.9 Å². The lowest BCUT2D eigenvalue weighted by Gasteiger charge is -2.18. The second-order valence-electron chi connectivity index (χ2n) is 7.15. The van der Waals surface area contributed by atoms with E-state index in [1.165, 1.54) is 0 Å². The van der Waals surface area contributed by atoms with Gasteiger partial charge in [0.05, 0.1) is 25.0 Å². The summed E-state index contributed by atoms with van der Waals surface area (Å²) in [5.74, 6) is 2.64. The van der Waals surface area contributed by atoms with Crippen LogP contribution in [0.15, 0.2) is 52.3 Å². The highest BCUT2D eigenvalue weighted by Crippen LogP contribution is 2.31. The molecular formula is C22H27N3O4S.